The molecular formula is C17H18N6O7S2. The van der Waals surface area contributed by atoms with E-state index in [-0.39, 0.29) is 28.9 Å². The van der Waals surface area contributed by atoms with Crippen LogP contribution in [0.5, 0.6) is 0 Å². The highest BCUT2D eigenvalue weighted by molar-refractivity contribution is 8.00. The smallest absolute Gasteiger partial charge is 0.407 e. The Hall–Kier alpha value is -3.59. The summed E-state index contributed by atoms with van der Waals surface area (Å²) in [6, 6.07) is -1.02. The third-order valence-corrected chi connectivity index (χ3v) is 6.38. The molecule has 13 nitrogen and oxygen atoms in total. The summed E-state index contributed by atoms with van der Waals surface area (Å²) in [6.07, 6.45) is 2.29. The number of alkyl carbamates (subject to hydrolysis) is 1. The van der Waals surface area contributed by atoms with Crippen molar-refractivity contribution in [2.45, 2.75) is 11.4 Å². The lowest BCUT2D eigenvalue weighted by Crippen LogP contribution is -2.71. The molecular weight excluding hydrogens is 464 g/mol. The van der Waals surface area contributed by atoms with Gasteiger partial charge in [0.15, 0.2) is 10.8 Å². The first-order valence-corrected chi connectivity index (χ1v) is 10.9. The van der Waals surface area contributed by atoms with Crippen LogP contribution in [0, 0.1) is 0 Å². The second kappa shape index (κ2) is 9.69. The number of ether oxygens (including phenoxy) is 1. The zero-order valence-corrected chi connectivity index (χ0v) is 18.1. The fraction of sp³-hybridized carbons (Fsp3) is 0.294. The van der Waals surface area contributed by atoms with Gasteiger partial charge in [0.1, 0.15) is 29.4 Å². The second-order valence-electron chi connectivity index (χ2n) is 6.31. The minimum atomic E-state index is -1.31. The second-order valence-corrected chi connectivity index (χ2v) is 8.31. The van der Waals surface area contributed by atoms with Crippen molar-refractivity contribution in [3.05, 3.63) is 34.5 Å². The highest BCUT2D eigenvalue weighted by atomic mass is 32.2. The minimum Gasteiger partial charge on any atom is -0.477 e. The summed E-state index contributed by atoms with van der Waals surface area (Å²) >= 11 is 2.29. The van der Waals surface area contributed by atoms with Gasteiger partial charge < -0.3 is 31.4 Å². The standard InChI is InChI=1S/C17H18N6O7S2/c1-19-17(28)30-4-2-3-7-5-31-14-10(13(25)23(14)11(7)15(26)27)21-12(24)9(22-29)8-6-32-16(18)20-8/h2-3,6,10,14,29H,4-5H2,1H3,(H2,18,20)(H,19,28)(H,21,24)(H,26,27)/b3-2-,22-9-/t10-,14-/m1/s1. The Balaban J connectivity index is 1.72. The molecule has 3 amide bonds. The fourth-order valence-electron chi connectivity index (χ4n) is 2.98. The van der Waals surface area contributed by atoms with Crippen molar-refractivity contribution in [3.63, 3.8) is 0 Å². The van der Waals surface area contributed by atoms with Gasteiger partial charge >= 0.3 is 12.1 Å². The van der Waals surface area contributed by atoms with Crippen LogP contribution in [0.3, 0.4) is 0 Å². The molecule has 0 unspecified atom stereocenters. The zero-order valence-electron chi connectivity index (χ0n) is 16.5. The van der Waals surface area contributed by atoms with Crippen LogP contribution in [0.2, 0.25) is 0 Å². The summed E-state index contributed by atoms with van der Waals surface area (Å²) in [5, 5.41) is 27.4. The van der Waals surface area contributed by atoms with Crippen molar-refractivity contribution in [2.75, 3.05) is 25.1 Å². The van der Waals surface area contributed by atoms with Gasteiger partial charge in [0, 0.05) is 18.2 Å². The number of nitrogens with one attached hydrogen (secondary N) is 2. The molecule has 0 bridgehead atoms. The predicted octanol–water partition coefficient (Wildman–Crippen LogP) is -0.446. The van der Waals surface area contributed by atoms with Crippen molar-refractivity contribution in [1.82, 2.24) is 20.5 Å². The molecule has 0 aromatic carbocycles. The van der Waals surface area contributed by atoms with Crippen LogP contribution in [0.4, 0.5) is 9.93 Å². The summed E-state index contributed by atoms with van der Waals surface area (Å²) in [5.41, 5.74) is 5.29. The third-order valence-electron chi connectivity index (χ3n) is 4.40. The van der Waals surface area contributed by atoms with Gasteiger partial charge in [-0.25, -0.2) is 14.6 Å². The highest BCUT2D eigenvalue weighted by Crippen LogP contribution is 2.40. The van der Waals surface area contributed by atoms with Gasteiger partial charge in [-0.15, -0.1) is 23.1 Å². The summed E-state index contributed by atoms with van der Waals surface area (Å²) in [4.78, 5) is 53.0. The number of aromatic nitrogens is 1. The lowest BCUT2D eigenvalue weighted by atomic mass is 10.0. The summed E-state index contributed by atoms with van der Waals surface area (Å²) in [5.74, 6) is -2.55. The van der Waals surface area contributed by atoms with Gasteiger partial charge in [-0.3, -0.25) is 14.5 Å². The zero-order chi connectivity index (χ0) is 23.4. The number of carbonyl (C=O) groups is 4. The molecule has 2 aliphatic rings. The summed E-state index contributed by atoms with van der Waals surface area (Å²) < 4.78 is 4.81. The van der Waals surface area contributed by atoms with Gasteiger partial charge in [0.2, 0.25) is 0 Å². The quantitative estimate of drug-likeness (QED) is 0.147. The maximum absolute atomic E-state index is 12.7. The van der Waals surface area contributed by atoms with E-state index in [4.69, 9.17) is 10.5 Å². The van der Waals surface area contributed by atoms with Crippen LogP contribution in [0.25, 0.3) is 0 Å². The van der Waals surface area contributed by atoms with Gasteiger partial charge in [-0.05, 0) is 11.6 Å². The Morgan fingerprint density at radius 1 is 1.47 bits per heavy atom. The van der Waals surface area contributed by atoms with Gasteiger partial charge in [0.25, 0.3) is 11.8 Å². The number of oxime groups is 1. The molecule has 2 atom stereocenters. The molecule has 0 aliphatic carbocycles. The first kappa shape index (κ1) is 23.1. The van der Waals surface area contributed by atoms with Gasteiger partial charge in [-0.2, -0.15) is 0 Å². The number of nitrogens with two attached hydrogens (primary N) is 1. The Bertz CT molecular complexity index is 1050. The third kappa shape index (κ3) is 4.52. The van der Waals surface area contributed by atoms with Crippen LogP contribution in [-0.2, 0) is 19.1 Å². The Morgan fingerprint density at radius 3 is 2.81 bits per heavy atom. The molecule has 32 heavy (non-hydrogen) atoms. The minimum absolute atomic E-state index is 0.0462. The number of β-lactam (4-membered cyclic amide) rings is 1. The molecule has 1 saturated heterocycles. The average molecular weight is 483 g/mol. The fourth-order valence-corrected chi connectivity index (χ4v) is 4.84. The van der Waals surface area contributed by atoms with E-state index in [0.29, 0.717) is 5.57 Å². The van der Waals surface area contributed by atoms with Crippen LogP contribution in [0.15, 0.2) is 34.0 Å². The predicted molar refractivity (Wildman–Crippen MR) is 114 cm³/mol. The highest BCUT2D eigenvalue weighted by Gasteiger charge is 2.54. The SMILES string of the molecule is CNC(=O)OC/C=C\C1=C(C(=O)O)N2C(=O)[C@@H](NC(=O)/C(=N\O)c3csc(N)n3)[C@H]2SC1. The van der Waals surface area contributed by atoms with Crippen LogP contribution in [0.1, 0.15) is 5.69 Å². The largest absolute Gasteiger partial charge is 0.477 e. The molecule has 0 saturated carbocycles. The van der Waals surface area contributed by atoms with Crippen molar-refractivity contribution in [1.29, 1.82) is 0 Å². The normalized spacial score (nSPS) is 20.6. The van der Waals surface area contributed by atoms with Crippen molar-refractivity contribution >= 4 is 57.8 Å². The van der Waals surface area contributed by atoms with E-state index < -0.39 is 41.0 Å². The Morgan fingerprint density at radius 2 is 2.22 bits per heavy atom. The molecule has 1 aromatic rings. The number of thiazole rings is 1. The number of fused-ring (bicyclic) bond motifs is 1. The van der Waals surface area contributed by atoms with E-state index in [1.54, 1.807) is 0 Å². The van der Waals surface area contributed by atoms with Crippen molar-refractivity contribution < 1.29 is 34.2 Å². The molecule has 1 aromatic heterocycles. The van der Waals surface area contributed by atoms with E-state index >= 15 is 0 Å². The first-order valence-electron chi connectivity index (χ1n) is 8.95. The number of hydrogen-bond acceptors (Lipinski definition) is 11. The Labute approximate surface area is 189 Å². The van der Waals surface area contributed by atoms with Gasteiger partial charge in [0.05, 0.1) is 0 Å². The molecule has 3 rings (SSSR count). The number of thioether (sulfide) groups is 1. The van der Waals surface area contributed by atoms with E-state index in [1.165, 1.54) is 36.3 Å². The molecule has 170 valence electrons. The molecule has 6 N–H and O–H groups in total. The number of aliphatic carboxylic acids is 1. The number of anilines is 1. The number of nitrogen functional groups attached to an aromatic ring is 1. The molecule has 1 fully saturated rings. The molecule has 2 aliphatic heterocycles. The van der Waals surface area contributed by atoms with E-state index in [2.05, 4.69) is 20.8 Å². The molecule has 3 heterocycles. The van der Waals surface area contributed by atoms with Gasteiger partial charge in [-0.1, -0.05) is 11.2 Å². The molecule has 15 heteroatoms. The lowest BCUT2D eigenvalue weighted by molar-refractivity contribution is -0.150. The maximum atomic E-state index is 12.7. The topological polar surface area (TPSA) is 197 Å². The summed E-state index contributed by atoms with van der Waals surface area (Å²) in [6.45, 7) is -0.0821. The molecule has 0 spiro atoms. The van der Waals surface area contributed by atoms with Crippen LogP contribution >= 0.6 is 23.1 Å². The van der Waals surface area contributed by atoms with Crippen LogP contribution in [-0.4, -0.2) is 80.6 Å². The number of rotatable bonds is 7. The number of carboxylic acids is 1. The van der Waals surface area contributed by atoms with E-state index in [9.17, 15) is 29.5 Å². The number of nitrogens with zero attached hydrogens (tertiary/aromatic N) is 3. The summed E-state index contributed by atoms with van der Waals surface area (Å²) in [7, 11) is 1.40. The number of carboxylic acid groups (broad SMARTS) is 1. The number of carbonyl (C=O) groups excluding carboxylic acids is 3. The van der Waals surface area contributed by atoms with E-state index in [1.807, 2.05) is 0 Å². The lowest BCUT2D eigenvalue weighted by Gasteiger charge is -2.49. The Kier molecular flexibility index (Phi) is 6.99. The maximum Gasteiger partial charge on any atom is 0.407 e. The van der Waals surface area contributed by atoms with Crippen LogP contribution < -0.4 is 16.4 Å². The number of hydrogen-bond donors (Lipinski definition) is 5. The number of allylic oxidation sites excluding steroid dienone is 1. The average Bonchev–Trinajstić information content (AvgIpc) is 3.20. The van der Waals surface area contributed by atoms with Crippen molar-refractivity contribution in [2.24, 2.45) is 5.16 Å². The van der Waals surface area contributed by atoms with E-state index in [0.717, 1.165) is 16.2 Å². The molecule has 0 radical (unpaired) electrons. The first-order chi connectivity index (χ1) is 15.3. The van der Waals surface area contributed by atoms with Crippen molar-refractivity contribution in [3.8, 4) is 0 Å². The monoisotopic (exact) mass is 482 g/mol. The number of amides is 3.